The zero-order valence-corrected chi connectivity index (χ0v) is 36.1. The number of imidazole rings is 1. The number of rotatable bonds is 6. The van der Waals surface area contributed by atoms with Crippen LogP contribution >= 0.6 is 11.3 Å². The first-order chi connectivity index (χ1) is 27.4. The van der Waals surface area contributed by atoms with E-state index in [4.69, 9.17) is 4.98 Å². The molecule has 0 atom stereocenters. The van der Waals surface area contributed by atoms with Crippen molar-refractivity contribution in [3.05, 3.63) is 194 Å². The monoisotopic (exact) mass is 946 g/mol. The van der Waals surface area contributed by atoms with Crippen molar-refractivity contribution in [2.75, 3.05) is 0 Å². The minimum Gasteiger partial charge on any atom is -0.333 e. The van der Waals surface area contributed by atoms with Gasteiger partial charge in [-0.1, -0.05) is 146 Å². The van der Waals surface area contributed by atoms with Gasteiger partial charge in [-0.05, 0) is 61.9 Å². The van der Waals surface area contributed by atoms with Crippen LogP contribution in [0, 0.1) is 12.1 Å². The van der Waals surface area contributed by atoms with E-state index in [1.54, 1.807) is 0 Å². The SMILES string of the molecule is C[Si](C)(C)c1ccc(-c2[c-]cccc2)nc1.[Ir].[c-]1ccc2c(sc3cc(-c4ccccc4)ccc32)c1-c1nc2ccccc2n1-c1ccccc1-c1ccccc1. The van der Waals surface area contributed by atoms with Crippen LogP contribution in [0.25, 0.3) is 81.8 Å². The molecule has 1 radical (unpaired) electrons. The van der Waals surface area contributed by atoms with Gasteiger partial charge >= 0.3 is 0 Å². The molecule has 0 N–H and O–H groups in total. The van der Waals surface area contributed by atoms with Gasteiger partial charge in [0, 0.05) is 42.3 Å². The number of thiophene rings is 1. The maximum atomic E-state index is 5.22. The number of hydrogen-bond donors (Lipinski definition) is 0. The van der Waals surface area contributed by atoms with Crippen LogP contribution in [-0.4, -0.2) is 22.6 Å². The van der Waals surface area contributed by atoms with Crippen molar-refractivity contribution < 1.29 is 20.1 Å². The van der Waals surface area contributed by atoms with Crippen LogP contribution in [0.5, 0.6) is 0 Å². The Morgan fingerprint density at radius 2 is 1.32 bits per heavy atom. The van der Waals surface area contributed by atoms with E-state index >= 15 is 0 Å². The minimum absolute atomic E-state index is 0. The molecule has 0 spiro atoms. The summed E-state index contributed by atoms with van der Waals surface area (Å²) in [6.45, 7) is 7.00. The molecule has 10 rings (SSSR count). The maximum Gasteiger partial charge on any atom is 0.0795 e. The molecule has 0 saturated heterocycles. The van der Waals surface area contributed by atoms with Gasteiger partial charge in [-0.15, -0.1) is 54.1 Å². The molecule has 0 saturated carbocycles. The van der Waals surface area contributed by atoms with Gasteiger partial charge < -0.3 is 9.55 Å². The van der Waals surface area contributed by atoms with Gasteiger partial charge in [-0.3, -0.25) is 4.98 Å². The van der Waals surface area contributed by atoms with Crippen LogP contribution in [0.4, 0.5) is 0 Å². The van der Waals surface area contributed by atoms with Gasteiger partial charge in [0.25, 0.3) is 0 Å². The fraction of sp³-hybridized carbons (Fsp3) is 0.0588. The molecule has 3 heterocycles. The van der Waals surface area contributed by atoms with Crippen molar-refractivity contribution in [3.8, 4) is 50.6 Å². The molecule has 0 fully saturated rings. The summed E-state index contributed by atoms with van der Waals surface area (Å²) in [5.74, 6) is 0.907. The summed E-state index contributed by atoms with van der Waals surface area (Å²) >= 11 is 1.82. The molecular weight excluding hydrogens is 907 g/mol. The quantitative estimate of drug-likeness (QED) is 0.123. The molecule has 6 heteroatoms. The van der Waals surface area contributed by atoms with Crippen molar-refractivity contribution in [2.24, 2.45) is 0 Å². The molecular formula is C51H39IrN3SSi-2. The number of nitrogens with zero attached hydrogens (tertiary/aromatic N) is 3. The fourth-order valence-corrected chi connectivity index (χ4v) is 9.50. The summed E-state index contributed by atoms with van der Waals surface area (Å²) in [7, 11) is -1.23. The Hall–Kier alpha value is -5.75. The van der Waals surface area contributed by atoms with Gasteiger partial charge in [0.15, 0.2) is 0 Å². The van der Waals surface area contributed by atoms with Crippen molar-refractivity contribution in [2.45, 2.75) is 19.6 Å². The fourth-order valence-electron chi connectivity index (χ4n) is 7.24. The van der Waals surface area contributed by atoms with Gasteiger partial charge in [-0.2, -0.15) is 11.3 Å². The van der Waals surface area contributed by atoms with Gasteiger partial charge in [0.05, 0.1) is 24.9 Å². The zero-order chi connectivity index (χ0) is 38.1. The number of hydrogen-bond acceptors (Lipinski definition) is 3. The predicted molar refractivity (Wildman–Crippen MR) is 241 cm³/mol. The Balaban J connectivity index is 0.000000226. The average molecular weight is 946 g/mol. The predicted octanol–water partition coefficient (Wildman–Crippen LogP) is 13.3. The number of pyridine rings is 1. The van der Waals surface area contributed by atoms with E-state index in [2.05, 4.69) is 187 Å². The second-order valence-electron chi connectivity index (χ2n) is 14.9. The maximum absolute atomic E-state index is 5.22. The van der Waals surface area contributed by atoms with Crippen LogP contribution < -0.4 is 5.19 Å². The first kappa shape index (κ1) is 38.1. The van der Waals surface area contributed by atoms with Crippen molar-refractivity contribution in [1.82, 2.24) is 14.5 Å². The number of para-hydroxylation sites is 3. The molecule has 0 aliphatic carbocycles. The van der Waals surface area contributed by atoms with Gasteiger partial charge in [-0.25, -0.2) is 0 Å². The van der Waals surface area contributed by atoms with Crippen molar-refractivity contribution in [3.63, 3.8) is 0 Å². The summed E-state index contributed by atoms with van der Waals surface area (Å²) in [4.78, 5) is 9.74. The van der Waals surface area contributed by atoms with Gasteiger partial charge in [0.1, 0.15) is 0 Å². The molecule has 0 aliphatic rings. The molecule has 0 aliphatic heterocycles. The first-order valence-electron chi connectivity index (χ1n) is 18.9. The minimum atomic E-state index is -1.23. The summed E-state index contributed by atoms with van der Waals surface area (Å²) < 4.78 is 4.78. The van der Waals surface area contributed by atoms with Crippen molar-refractivity contribution in [1.29, 1.82) is 0 Å². The molecule has 3 nitrogen and oxygen atoms in total. The van der Waals surface area contributed by atoms with E-state index in [-0.39, 0.29) is 20.1 Å². The van der Waals surface area contributed by atoms with Crippen molar-refractivity contribution >= 4 is 55.8 Å². The number of benzene rings is 7. The summed E-state index contributed by atoms with van der Waals surface area (Å²) in [6.07, 6.45) is 2.02. The van der Waals surface area contributed by atoms with E-state index in [1.165, 1.54) is 47.6 Å². The molecule has 7 aromatic carbocycles. The first-order valence-corrected chi connectivity index (χ1v) is 23.2. The summed E-state index contributed by atoms with van der Waals surface area (Å²) in [5, 5.41) is 3.90. The molecule has 0 unspecified atom stereocenters. The summed E-state index contributed by atoms with van der Waals surface area (Å²) in [6, 6.07) is 68.2. The topological polar surface area (TPSA) is 30.7 Å². The Morgan fingerprint density at radius 3 is 2.05 bits per heavy atom. The molecule has 0 amide bonds. The Morgan fingerprint density at radius 1 is 0.596 bits per heavy atom. The molecule has 279 valence electrons. The van der Waals surface area contributed by atoms with Crippen LogP contribution in [-0.2, 0) is 20.1 Å². The van der Waals surface area contributed by atoms with Crippen LogP contribution in [0.3, 0.4) is 0 Å². The third-order valence-corrected chi connectivity index (χ3v) is 13.4. The molecule has 10 aromatic rings. The number of aromatic nitrogens is 3. The van der Waals surface area contributed by atoms with E-state index in [9.17, 15) is 0 Å². The van der Waals surface area contributed by atoms with E-state index in [0.717, 1.165) is 39.4 Å². The normalized spacial score (nSPS) is 11.3. The van der Waals surface area contributed by atoms with E-state index < -0.39 is 8.07 Å². The largest absolute Gasteiger partial charge is 0.333 e. The Bertz CT molecular complexity index is 2930. The molecule has 57 heavy (non-hydrogen) atoms. The average Bonchev–Trinajstić information content (AvgIpc) is 3.83. The second kappa shape index (κ2) is 16.4. The Labute approximate surface area is 352 Å². The molecule has 3 aromatic heterocycles. The van der Waals surface area contributed by atoms with Crippen LogP contribution in [0.1, 0.15) is 0 Å². The standard InChI is InChI=1S/C37H23N2S.C14H16NSi.Ir/c1-3-12-25(13-4-1)27-22-23-29-30-17-11-18-31(36(30)40-35(29)24-27)37-38-32-19-8-10-21-34(32)39(37)33-20-9-7-16-28(33)26-14-5-2-6-15-26;1-16(2,3)13-9-10-14(15-11-13)12-7-5-4-6-8-12;/h1-17,19-24H;4-7,9-11H,1-3H3;/q2*-1;. The summed E-state index contributed by atoms with van der Waals surface area (Å²) in [5.41, 5.74) is 11.1. The van der Waals surface area contributed by atoms with E-state index in [0.29, 0.717) is 0 Å². The molecule has 0 bridgehead atoms. The van der Waals surface area contributed by atoms with Gasteiger partial charge in [0.2, 0.25) is 0 Å². The Kier molecular flexibility index (Phi) is 11.0. The third kappa shape index (κ3) is 7.70. The smallest absolute Gasteiger partial charge is 0.0795 e. The number of fused-ring (bicyclic) bond motifs is 4. The zero-order valence-electron chi connectivity index (χ0n) is 31.9. The van der Waals surface area contributed by atoms with E-state index in [1.807, 2.05) is 47.9 Å². The van der Waals surface area contributed by atoms with Crippen LogP contribution in [0.15, 0.2) is 182 Å². The third-order valence-electron chi connectivity index (χ3n) is 10.2. The second-order valence-corrected chi connectivity index (χ2v) is 21.0. The van der Waals surface area contributed by atoms with Crippen LogP contribution in [0.2, 0.25) is 19.6 Å².